The molecule has 4 nitrogen and oxygen atoms in total. The van der Waals surface area contributed by atoms with Crippen molar-refractivity contribution in [3.05, 3.63) is 0 Å². The van der Waals surface area contributed by atoms with Crippen molar-refractivity contribution in [1.29, 1.82) is 0 Å². The first-order chi connectivity index (χ1) is 7.26. The summed E-state index contributed by atoms with van der Waals surface area (Å²) in [5.41, 5.74) is 4.92. The summed E-state index contributed by atoms with van der Waals surface area (Å²) in [5.74, 6) is 0.706. The van der Waals surface area contributed by atoms with Gasteiger partial charge in [-0.15, -0.1) is 0 Å². The smallest absolute Gasteiger partial charge is 0.219 e. The Labute approximate surface area is 101 Å². The summed E-state index contributed by atoms with van der Waals surface area (Å²) >= 11 is 1.71. The molecule has 5 heteroatoms. The molecule has 1 atom stereocenters. The van der Waals surface area contributed by atoms with Gasteiger partial charge in [0.25, 0.3) is 0 Å². The number of amides is 1. The third-order valence-corrected chi connectivity index (χ3v) is 3.95. The minimum absolute atomic E-state index is 0.0375. The lowest BCUT2D eigenvalue weighted by atomic mass is 10.0. The van der Waals surface area contributed by atoms with Gasteiger partial charge in [0.05, 0.1) is 5.54 Å². The Hall–Kier alpha value is -0.710. The van der Waals surface area contributed by atoms with Gasteiger partial charge in [-0.2, -0.15) is 0 Å². The van der Waals surface area contributed by atoms with Gasteiger partial charge in [-0.1, -0.05) is 18.7 Å². The van der Waals surface area contributed by atoms with Crippen LogP contribution in [-0.2, 0) is 4.79 Å². The van der Waals surface area contributed by atoms with E-state index in [-0.39, 0.29) is 17.0 Å². The van der Waals surface area contributed by atoms with Crippen molar-refractivity contribution < 1.29 is 4.79 Å². The molecule has 1 amide bonds. The van der Waals surface area contributed by atoms with Gasteiger partial charge in [0.15, 0.2) is 5.17 Å². The van der Waals surface area contributed by atoms with E-state index in [1.165, 1.54) is 0 Å². The molecule has 0 aliphatic carbocycles. The van der Waals surface area contributed by atoms with E-state index in [2.05, 4.69) is 24.2 Å². The number of primary amides is 1. The second-order valence-corrected chi connectivity index (χ2v) is 6.17. The van der Waals surface area contributed by atoms with Crippen LogP contribution in [0.5, 0.6) is 0 Å². The highest BCUT2D eigenvalue weighted by Crippen LogP contribution is 2.30. The molecule has 0 aromatic heterocycles. The fourth-order valence-corrected chi connectivity index (χ4v) is 2.90. The van der Waals surface area contributed by atoms with Crippen LogP contribution in [0, 0.1) is 0 Å². The topological polar surface area (TPSA) is 67.5 Å². The fourth-order valence-electron chi connectivity index (χ4n) is 1.55. The van der Waals surface area contributed by atoms with Gasteiger partial charge in [0.2, 0.25) is 5.91 Å². The minimum Gasteiger partial charge on any atom is -0.370 e. The zero-order valence-corrected chi connectivity index (χ0v) is 11.3. The molecule has 92 valence electrons. The Balaban J connectivity index is 2.62. The summed E-state index contributed by atoms with van der Waals surface area (Å²) in [7, 11) is 0. The Morgan fingerprint density at radius 3 is 2.75 bits per heavy atom. The number of aliphatic imine (C=N–C) groups is 1. The maximum atomic E-state index is 10.9. The lowest BCUT2D eigenvalue weighted by Crippen LogP contribution is -2.44. The van der Waals surface area contributed by atoms with Crippen molar-refractivity contribution >= 4 is 22.8 Å². The maximum absolute atomic E-state index is 10.9. The first-order valence-electron chi connectivity index (χ1n) is 5.55. The summed E-state index contributed by atoms with van der Waals surface area (Å²) in [4.78, 5) is 15.6. The van der Waals surface area contributed by atoms with Crippen molar-refractivity contribution in [3.8, 4) is 0 Å². The highest BCUT2D eigenvalue weighted by molar-refractivity contribution is 8.14. The van der Waals surface area contributed by atoms with Crippen LogP contribution in [0.2, 0.25) is 0 Å². The highest BCUT2D eigenvalue weighted by Gasteiger charge is 2.31. The third kappa shape index (κ3) is 3.70. The fraction of sp³-hybridized carbons (Fsp3) is 0.818. The molecule has 0 spiro atoms. The van der Waals surface area contributed by atoms with E-state index in [0.29, 0.717) is 6.42 Å². The van der Waals surface area contributed by atoms with Gasteiger partial charge < -0.3 is 11.1 Å². The van der Waals surface area contributed by atoms with Crippen molar-refractivity contribution in [2.24, 2.45) is 10.7 Å². The van der Waals surface area contributed by atoms with Gasteiger partial charge in [0, 0.05) is 17.7 Å². The summed E-state index contributed by atoms with van der Waals surface area (Å²) in [5, 5.41) is 4.21. The Bertz CT molecular complexity index is 314. The Morgan fingerprint density at radius 2 is 2.31 bits per heavy atom. The summed E-state index contributed by atoms with van der Waals surface area (Å²) in [6.07, 6.45) is 1.34. The van der Waals surface area contributed by atoms with Crippen molar-refractivity contribution in [1.82, 2.24) is 5.32 Å². The summed E-state index contributed by atoms with van der Waals surface area (Å²) < 4.78 is 0. The number of carbonyl (C=O) groups is 1. The predicted molar refractivity (Wildman–Crippen MR) is 69.6 cm³/mol. The number of hydrogen-bond acceptors (Lipinski definition) is 4. The van der Waals surface area contributed by atoms with Crippen molar-refractivity contribution in [3.63, 3.8) is 0 Å². The van der Waals surface area contributed by atoms with E-state index in [9.17, 15) is 4.79 Å². The van der Waals surface area contributed by atoms with E-state index in [1.807, 2.05) is 13.8 Å². The van der Waals surface area contributed by atoms with Crippen LogP contribution >= 0.6 is 11.8 Å². The van der Waals surface area contributed by atoms with Crippen LogP contribution in [0.15, 0.2) is 4.99 Å². The molecule has 0 fully saturated rings. The molecule has 3 N–H and O–H groups in total. The molecule has 0 bridgehead atoms. The van der Waals surface area contributed by atoms with Crippen molar-refractivity contribution in [2.45, 2.75) is 51.6 Å². The summed E-state index contributed by atoms with van der Waals surface area (Å²) in [6.45, 7) is 8.21. The van der Waals surface area contributed by atoms with Crippen LogP contribution in [0.1, 0.15) is 40.5 Å². The molecule has 0 saturated heterocycles. The van der Waals surface area contributed by atoms with E-state index >= 15 is 0 Å². The molecule has 0 radical (unpaired) electrons. The maximum Gasteiger partial charge on any atom is 0.219 e. The zero-order valence-electron chi connectivity index (χ0n) is 10.5. The molecule has 0 saturated carbocycles. The van der Waals surface area contributed by atoms with Crippen LogP contribution in [0.3, 0.4) is 0 Å². The Kier molecular flexibility index (Phi) is 3.88. The molecule has 1 unspecified atom stereocenters. The number of nitrogens with one attached hydrogen (secondary N) is 1. The average Bonchev–Trinajstić information content (AvgIpc) is 2.45. The lowest BCUT2D eigenvalue weighted by Gasteiger charge is -2.25. The van der Waals surface area contributed by atoms with Gasteiger partial charge in [-0.3, -0.25) is 9.79 Å². The van der Waals surface area contributed by atoms with Crippen LogP contribution in [0.4, 0.5) is 0 Å². The molecule has 0 aromatic carbocycles. The van der Waals surface area contributed by atoms with E-state index < -0.39 is 0 Å². The zero-order chi connectivity index (χ0) is 12.4. The second kappa shape index (κ2) is 4.65. The molecular formula is C11H21N3OS. The van der Waals surface area contributed by atoms with Crippen LogP contribution < -0.4 is 11.1 Å². The molecule has 16 heavy (non-hydrogen) atoms. The Morgan fingerprint density at radius 1 is 1.69 bits per heavy atom. The van der Waals surface area contributed by atoms with Gasteiger partial charge >= 0.3 is 0 Å². The SMILES string of the molecule is CCC1(C)CSC(NC(C)(C)CC(N)=O)=N1. The molecule has 1 heterocycles. The lowest BCUT2D eigenvalue weighted by molar-refractivity contribution is -0.119. The monoisotopic (exact) mass is 243 g/mol. The first-order valence-corrected chi connectivity index (χ1v) is 6.54. The number of thioether (sulfide) groups is 1. The molecule has 1 aliphatic rings. The average molecular weight is 243 g/mol. The molecule has 1 aliphatic heterocycles. The minimum atomic E-state index is -0.323. The number of amidine groups is 1. The number of rotatable bonds is 4. The normalized spacial score (nSPS) is 25.4. The van der Waals surface area contributed by atoms with Gasteiger partial charge in [-0.25, -0.2) is 0 Å². The molecular weight excluding hydrogens is 222 g/mol. The van der Waals surface area contributed by atoms with Crippen molar-refractivity contribution in [2.75, 3.05) is 5.75 Å². The standard InChI is InChI=1S/C11H21N3OS/c1-5-11(4)7-16-9(14-11)13-10(2,3)6-8(12)15/h5-7H2,1-4H3,(H2,12,15)(H,13,14). The number of carbonyl (C=O) groups excluding carboxylic acids is 1. The molecule has 0 aromatic rings. The largest absolute Gasteiger partial charge is 0.370 e. The van der Waals surface area contributed by atoms with Crippen LogP contribution in [-0.4, -0.2) is 27.9 Å². The predicted octanol–water partition coefficient (Wildman–Crippen LogP) is 1.50. The van der Waals surface area contributed by atoms with Gasteiger partial charge in [0.1, 0.15) is 0 Å². The number of hydrogen-bond donors (Lipinski definition) is 2. The third-order valence-electron chi connectivity index (χ3n) is 2.71. The van der Waals surface area contributed by atoms with E-state index in [0.717, 1.165) is 17.3 Å². The number of nitrogens with zero attached hydrogens (tertiary/aromatic N) is 1. The number of nitrogens with two attached hydrogens (primary N) is 1. The van der Waals surface area contributed by atoms with Crippen LogP contribution in [0.25, 0.3) is 0 Å². The van der Waals surface area contributed by atoms with E-state index in [4.69, 9.17) is 5.73 Å². The second-order valence-electron chi connectivity index (χ2n) is 5.21. The summed E-state index contributed by atoms with van der Waals surface area (Å²) in [6, 6.07) is 0. The quantitative estimate of drug-likeness (QED) is 0.786. The van der Waals surface area contributed by atoms with E-state index in [1.54, 1.807) is 11.8 Å². The highest BCUT2D eigenvalue weighted by atomic mass is 32.2. The van der Waals surface area contributed by atoms with Gasteiger partial charge in [-0.05, 0) is 27.2 Å². The molecule has 1 rings (SSSR count). The first kappa shape index (κ1) is 13.4.